The molecule has 1 N–H and O–H groups in total. The van der Waals surface area contributed by atoms with Gasteiger partial charge in [-0.25, -0.2) is 22.5 Å². The van der Waals surface area contributed by atoms with Crippen molar-refractivity contribution >= 4 is 21.6 Å². The number of halogens is 2. The van der Waals surface area contributed by atoms with Crippen molar-refractivity contribution < 1.29 is 12.8 Å². The number of hydrogen-bond acceptors (Lipinski definition) is 4. The molecular formula is C11H12ClFN4O2S. The molecule has 0 spiro atoms. The van der Waals surface area contributed by atoms with Gasteiger partial charge < -0.3 is 0 Å². The lowest BCUT2D eigenvalue weighted by atomic mass is 10.3. The third kappa shape index (κ3) is 3.75. The first-order valence-electron chi connectivity index (χ1n) is 5.76. The molecule has 1 heterocycles. The van der Waals surface area contributed by atoms with E-state index in [1.807, 2.05) is 0 Å². The van der Waals surface area contributed by atoms with Crippen LogP contribution in [0.4, 0.5) is 4.39 Å². The Kier molecular flexibility index (Phi) is 4.69. The standard InChI is InChI=1S/C11H12ClFN4O2S/c12-10-6-9(13)2-3-11(10)20(18,19)16-4-1-5-17-8-14-7-15-17/h2-3,6-8,16H,1,4-5H2. The van der Waals surface area contributed by atoms with E-state index in [9.17, 15) is 12.8 Å². The monoisotopic (exact) mass is 318 g/mol. The van der Waals surface area contributed by atoms with Gasteiger partial charge in [-0.3, -0.25) is 4.68 Å². The van der Waals surface area contributed by atoms with Crippen molar-refractivity contribution in [1.82, 2.24) is 19.5 Å². The van der Waals surface area contributed by atoms with Gasteiger partial charge in [-0.15, -0.1) is 0 Å². The topological polar surface area (TPSA) is 76.9 Å². The second-order valence-corrected chi connectivity index (χ2v) is 6.13. The molecule has 108 valence electrons. The van der Waals surface area contributed by atoms with Crippen molar-refractivity contribution in [2.45, 2.75) is 17.9 Å². The van der Waals surface area contributed by atoms with Gasteiger partial charge in [0.2, 0.25) is 10.0 Å². The minimum absolute atomic E-state index is 0.138. The Balaban J connectivity index is 1.93. The molecule has 0 amide bonds. The van der Waals surface area contributed by atoms with Crippen LogP contribution in [0.15, 0.2) is 35.7 Å². The summed E-state index contributed by atoms with van der Waals surface area (Å²) < 4.78 is 40.8. The zero-order chi connectivity index (χ0) is 14.6. The van der Waals surface area contributed by atoms with Gasteiger partial charge in [0.05, 0.1) is 5.02 Å². The second-order valence-electron chi connectivity index (χ2n) is 3.98. The number of rotatable bonds is 6. The van der Waals surface area contributed by atoms with E-state index in [0.717, 1.165) is 18.2 Å². The molecule has 0 aliphatic carbocycles. The average Bonchev–Trinajstić information content (AvgIpc) is 2.87. The van der Waals surface area contributed by atoms with Gasteiger partial charge in [-0.05, 0) is 24.6 Å². The molecule has 0 unspecified atom stereocenters. The molecule has 0 saturated heterocycles. The highest BCUT2D eigenvalue weighted by atomic mass is 35.5. The summed E-state index contributed by atoms with van der Waals surface area (Å²) in [5.74, 6) is -0.583. The van der Waals surface area contributed by atoms with Crippen molar-refractivity contribution in [3.05, 3.63) is 41.7 Å². The lowest BCUT2D eigenvalue weighted by Gasteiger charge is -2.08. The molecule has 0 aliphatic rings. The van der Waals surface area contributed by atoms with Crippen molar-refractivity contribution in [1.29, 1.82) is 0 Å². The molecule has 6 nitrogen and oxygen atoms in total. The van der Waals surface area contributed by atoms with E-state index in [4.69, 9.17) is 11.6 Å². The lowest BCUT2D eigenvalue weighted by molar-refractivity contribution is 0.552. The molecule has 1 aromatic carbocycles. The highest BCUT2D eigenvalue weighted by Gasteiger charge is 2.17. The minimum atomic E-state index is -3.74. The summed E-state index contributed by atoms with van der Waals surface area (Å²) in [6, 6.07) is 3.15. The Morgan fingerprint density at radius 1 is 1.40 bits per heavy atom. The Morgan fingerprint density at radius 2 is 2.20 bits per heavy atom. The summed E-state index contributed by atoms with van der Waals surface area (Å²) in [7, 11) is -3.74. The molecule has 0 atom stereocenters. The zero-order valence-electron chi connectivity index (χ0n) is 10.3. The second kappa shape index (κ2) is 6.29. The van der Waals surface area contributed by atoms with Gasteiger partial charge in [0.15, 0.2) is 0 Å². The van der Waals surface area contributed by atoms with Gasteiger partial charge in [-0.1, -0.05) is 11.6 Å². The molecule has 9 heteroatoms. The van der Waals surface area contributed by atoms with Gasteiger partial charge in [-0.2, -0.15) is 5.10 Å². The Bertz CT molecular complexity index is 676. The fraction of sp³-hybridized carbons (Fsp3) is 0.273. The third-order valence-corrected chi connectivity index (χ3v) is 4.45. The van der Waals surface area contributed by atoms with Gasteiger partial charge in [0, 0.05) is 13.1 Å². The summed E-state index contributed by atoms with van der Waals surface area (Å²) in [5.41, 5.74) is 0. The van der Waals surface area contributed by atoms with Crippen LogP contribution in [-0.2, 0) is 16.6 Å². The predicted octanol–water partition coefficient (Wildman–Crippen LogP) is 1.44. The number of aryl methyl sites for hydroxylation is 1. The molecule has 2 aromatic rings. The largest absolute Gasteiger partial charge is 0.253 e. The maximum atomic E-state index is 12.9. The summed E-state index contributed by atoms with van der Waals surface area (Å²) >= 11 is 5.73. The van der Waals surface area contributed by atoms with Crippen molar-refractivity contribution in [2.75, 3.05) is 6.54 Å². The number of aromatic nitrogens is 3. The summed E-state index contributed by atoms with van der Waals surface area (Å²) in [4.78, 5) is 3.64. The van der Waals surface area contributed by atoms with E-state index in [-0.39, 0.29) is 16.5 Å². The number of nitrogens with zero attached hydrogens (tertiary/aromatic N) is 3. The number of hydrogen-bond donors (Lipinski definition) is 1. The highest BCUT2D eigenvalue weighted by molar-refractivity contribution is 7.89. The van der Waals surface area contributed by atoms with Gasteiger partial charge >= 0.3 is 0 Å². The summed E-state index contributed by atoms with van der Waals surface area (Å²) in [6.07, 6.45) is 3.50. The maximum Gasteiger partial charge on any atom is 0.242 e. The van der Waals surface area contributed by atoms with Gasteiger partial charge in [0.25, 0.3) is 0 Å². The first-order chi connectivity index (χ1) is 9.49. The SMILES string of the molecule is O=S(=O)(NCCCn1cncn1)c1ccc(F)cc1Cl. The lowest BCUT2D eigenvalue weighted by Crippen LogP contribution is -2.26. The van der Waals surface area contributed by atoms with Crippen LogP contribution in [0.25, 0.3) is 0 Å². The number of nitrogens with one attached hydrogen (secondary N) is 1. The normalized spacial score (nSPS) is 11.7. The molecule has 2 rings (SSSR count). The quantitative estimate of drug-likeness (QED) is 0.818. The van der Waals surface area contributed by atoms with Crippen LogP contribution in [0.3, 0.4) is 0 Å². The van der Waals surface area contributed by atoms with Crippen LogP contribution in [0.1, 0.15) is 6.42 Å². The molecule has 0 saturated carbocycles. The Labute approximate surface area is 120 Å². The average molecular weight is 319 g/mol. The van der Waals surface area contributed by atoms with Crippen molar-refractivity contribution in [3.63, 3.8) is 0 Å². The summed E-state index contributed by atoms with van der Waals surface area (Å²) in [6.45, 7) is 0.759. The number of sulfonamides is 1. The molecule has 0 fully saturated rings. The maximum absolute atomic E-state index is 12.9. The van der Waals surface area contributed by atoms with E-state index < -0.39 is 15.8 Å². The molecule has 0 aliphatic heterocycles. The Hall–Kier alpha value is -1.51. The smallest absolute Gasteiger partial charge is 0.242 e. The summed E-state index contributed by atoms with van der Waals surface area (Å²) in [5, 5.41) is 3.75. The van der Waals surface area contributed by atoms with E-state index in [0.29, 0.717) is 13.0 Å². The van der Waals surface area contributed by atoms with Crippen LogP contribution in [0, 0.1) is 5.82 Å². The van der Waals surface area contributed by atoms with E-state index in [1.165, 1.54) is 6.33 Å². The molecule has 0 radical (unpaired) electrons. The molecular weight excluding hydrogens is 307 g/mol. The fourth-order valence-electron chi connectivity index (χ4n) is 1.57. The van der Waals surface area contributed by atoms with E-state index in [2.05, 4.69) is 14.8 Å². The van der Waals surface area contributed by atoms with Crippen molar-refractivity contribution in [3.8, 4) is 0 Å². The van der Waals surface area contributed by atoms with Crippen LogP contribution < -0.4 is 4.72 Å². The van der Waals surface area contributed by atoms with Crippen LogP contribution in [0.5, 0.6) is 0 Å². The van der Waals surface area contributed by atoms with E-state index in [1.54, 1.807) is 11.0 Å². The fourth-order valence-corrected chi connectivity index (χ4v) is 3.17. The predicted molar refractivity (Wildman–Crippen MR) is 71.2 cm³/mol. The van der Waals surface area contributed by atoms with Gasteiger partial charge in [0.1, 0.15) is 23.4 Å². The van der Waals surface area contributed by atoms with E-state index >= 15 is 0 Å². The Morgan fingerprint density at radius 3 is 2.85 bits per heavy atom. The molecule has 0 bridgehead atoms. The van der Waals surface area contributed by atoms with Crippen molar-refractivity contribution in [2.24, 2.45) is 0 Å². The van der Waals surface area contributed by atoms with Crippen LogP contribution in [-0.4, -0.2) is 29.7 Å². The first kappa shape index (κ1) is 14.9. The van der Waals surface area contributed by atoms with Crippen LogP contribution in [0.2, 0.25) is 5.02 Å². The molecule has 20 heavy (non-hydrogen) atoms. The first-order valence-corrected chi connectivity index (χ1v) is 7.62. The third-order valence-electron chi connectivity index (χ3n) is 2.51. The number of benzene rings is 1. The zero-order valence-corrected chi connectivity index (χ0v) is 11.9. The van der Waals surface area contributed by atoms with Crippen LogP contribution >= 0.6 is 11.6 Å². The highest BCUT2D eigenvalue weighted by Crippen LogP contribution is 2.21. The minimum Gasteiger partial charge on any atom is -0.253 e. The molecule has 1 aromatic heterocycles.